The summed E-state index contributed by atoms with van der Waals surface area (Å²) in [6.07, 6.45) is 0. The van der Waals surface area contributed by atoms with Gasteiger partial charge < -0.3 is 14.6 Å². The molecule has 5 heteroatoms. The maximum atomic E-state index is 11.1. The number of nitrogens with zero attached hydrogens (tertiary/aromatic N) is 1. The number of likely N-dealkylation sites (N-methyl/N-ethyl adjacent to an activating group) is 2. The first-order chi connectivity index (χ1) is 8.69. The van der Waals surface area contributed by atoms with E-state index in [9.17, 15) is 4.79 Å². The van der Waals surface area contributed by atoms with Crippen LogP contribution in [0.5, 0.6) is 0 Å². The molecular weight excluding hydrogens is 230 g/mol. The van der Waals surface area contributed by atoms with Gasteiger partial charge in [-0.1, -0.05) is 13.0 Å². The molecular formula is C13H19N3O2. The van der Waals surface area contributed by atoms with Gasteiger partial charge in [-0.2, -0.15) is 0 Å². The summed E-state index contributed by atoms with van der Waals surface area (Å²) in [4.78, 5) is 15.9. The van der Waals surface area contributed by atoms with Crippen molar-refractivity contribution in [3.8, 4) is 0 Å². The predicted octanol–water partition coefficient (Wildman–Crippen LogP) is 1.16. The molecule has 0 saturated carbocycles. The van der Waals surface area contributed by atoms with E-state index < -0.39 is 5.76 Å². The van der Waals surface area contributed by atoms with Crippen LogP contribution in [0.3, 0.4) is 0 Å². The molecule has 0 aliphatic rings. The Hall–Kier alpha value is -1.59. The molecule has 0 spiro atoms. The van der Waals surface area contributed by atoms with Gasteiger partial charge in [0.25, 0.3) is 0 Å². The fourth-order valence-corrected chi connectivity index (χ4v) is 1.93. The van der Waals surface area contributed by atoms with Crippen molar-refractivity contribution in [2.24, 2.45) is 0 Å². The minimum absolute atomic E-state index is 0.400. The molecule has 0 bridgehead atoms. The summed E-state index contributed by atoms with van der Waals surface area (Å²) >= 11 is 0. The van der Waals surface area contributed by atoms with Crippen LogP contribution in [0.25, 0.3) is 11.1 Å². The van der Waals surface area contributed by atoms with Gasteiger partial charge >= 0.3 is 5.76 Å². The van der Waals surface area contributed by atoms with Crippen molar-refractivity contribution in [3.05, 3.63) is 34.3 Å². The second-order valence-corrected chi connectivity index (χ2v) is 4.44. The molecule has 18 heavy (non-hydrogen) atoms. The van der Waals surface area contributed by atoms with Crippen molar-refractivity contribution >= 4 is 11.1 Å². The second kappa shape index (κ2) is 5.84. The number of aromatic nitrogens is 1. The number of nitrogens with one attached hydrogen (secondary N) is 2. The Morgan fingerprint density at radius 3 is 3.06 bits per heavy atom. The summed E-state index contributed by atoms with van der Waals surface area (Å²) in [5.41, 5.74) is 2.51. The van der Waals surface area contributed by atoms with Crippen LogP contribution in [-0.4, -0.2) is 36.6 Å². The number of H-pyrrole nitrogens is 1. The Balaban J connectivity index is 2.00. The van der Waals surface area contributed by atoms with Crippen LogP contribution in [0.2, 0.25) is 0 Å². The third kappa shape index (κ3) is 3.21. The zero-order chi connectivity index (χ0) is 13.0. The first-order valence-electron chi connectivity index (χ1n) is 6.20. The van der Waals surface area contributed by atoms with E-state index in [1.54, 1.807) is 0 Å². The number of benzene rings is 1. The monoisotopic (exact) mass is 249 g/mol. The normalized spacial score (nSPS) is 11.5. The number of aromatic amines is 1. The number of fused-ring (bicyclic) bond motifs is 1. The van der Waals surface area contributed by atoms with Crippen LogP contribution in [-0.2, 0) is 6.54 Å². The minimum atomic E-state index is -0.400. The standard InChI is InChI=1S/C13H19N3O2/c1-3-14-6-7-16(2)9-10-4-5-11-12(8-10)18-13(17)15-11/h4-5,8,14H,3,6-7,9H2,1-2H3,(H,15,17). The summed E-state index contributed by atoms with van der Waals surface area (Å²) in [7, 11) is 2.08. The molecule has 98 valence electrons. The molecule has 1 aromatic carbocycles. The Kier molecular flexibility index (Phi) is 4.17. The van der Waals surface area contributed by atoms with Gasteiger partial charge in [-0.3, -0.25) is 4.98 Å². The topological polar surface area (TPSA) is 61.3 Å². The Morgan fingerprint density at radius 1 is 1.44 bits per heavy atom. The Morgan fingerprint density at radius 2 is 2.28 bits per heavy atom. The molecule has 2 rings (SSSR count). The molecule has 0 radical (unpaired) electrons. The number of rotatable bonds is 6. The predicted molar refractivity (Wildman–Crippen MR) is 71.7 cm³/mol. The van der Waals surface area contributed by atoms with Crippen molar-refractivity contribution in [3.63, 3.8) is 0 Å². The van der Waals surface area contributed by atoms with E-state index in [4.69, 9.17) is 4.42 Å². The van der Waals surface area contributed by atoms with Gasteiger partial charge in [-0.25, -0.2) is 4.79 Å². The smallest absolute Gasteiger partial charge is 0.408 e. The molecule has 0 aliphatic heterocycles. The van der Waals surface area contributed by atoms with Crippen LogP contribution in [0, 0.1) is 0 Å². The molecule has 0 atom stereocenters. The molecule has 1 aromatic heterocycles. The quantitative estimate of drug-likeness (QED) is 0.754. The largest absolute Gasteiger partial charge is 0.417 e. The second-order valence-electron chi connectivity index (χ2n) is 4.44. The van der Waals surface area contributed by atoms with Crippen molar-refractivity contribution in [1.82, 2.24) is 15.2 Å². The van der Waals surface area contributed by atoms with Crippen molar-refractivity contribution in [1.29, 1.82) is 0 Å². The lowest BCUT2D eigenvalue weighted by atomic mass is 10.2. The summed E-state index contributed by atoms with van der Waals surface area (Å²) in [5, 5.41) is 3.29. The Labute approximate surface area is 106 Å². The molecule has 2 N–H and O–H groups in total. The third-order valence-corrected chi connectivity index (χ3v) is 2.86. The van der Waals surface area contributed by atoms with Crippen molar-refractivity contribution < 1.29 is 4.42 Å². The van der Waals surface area contributed by atoms with Crippen LogP contribution in [0.1, 0.15) is 12.5 Å². The summed E-state index contributed by atoms with van der Waals surface area (Å²) in [6.45, 7) is 5.91. The van der Waals surface area contributed by atoms with E-state index in [1.165, 1.54) is 0 Å². The van der Waals surface area contributed by atoms with Crippen LogP contribution < -0.4 is 11.1 Å². The molecule has 1 heterocycles. The van der Waals surface area contributed by atoms with E-state index >= 15 is 0 Å². The van der Waals surface area contributed by atoms with Gasteiger partial charge in [0.2, 0.25) is 0 Å². The molecule has 5 nitrogen and oxygen atoms in total. The Bertz CT molecular complexity index is 559. The van der Waals surface area contributed by atoms with E-state index in [2.05, 4.69) is 29.2 Å². The zero-order valence-corrected chi connectivity index (χ0v) is 10.8. The zero-order valence-electron chi connectivity index (χ0n) is 10.8. The lowest BCUT2D eigenvalue weighted by molar-refractivity contribution is 0.325. The van der Waals surface area contributed by atoms with Crippen LogP contribution >= 0.6 is 0 Å². The van der Waals surface area contributed by atoms with E-state index in [0.717, 1.165) is 37.3 Å². The van der Waals surface area contributed by atoms with E-state index in [-0.39, 0.29) is 0 Å². The number of hydrogen-bond acceptors (Lipinski definition) is 4. The molecule has 0 amide bonds. The highest BCUT2D eigenvalue weighted by Crippen LogP contribution is 2.13. The van der Waals surface area contributed by atoms with Gasteiger partial charge in [0, 0.05) is 19.6 Å². The third-order valence-electron chi connectivity index (χ3n) is 2.86. The highest BCUT2D eigenvalue weighted by molar-refractivity contribution is 5.72. The lowest BCUT2D eigenvalue weighted by Gasteiger charge is -2.16. The summed E-state index contributed by atoms with van der Waals surface area (Å²) in [6, 6.07) is 5.81. The van der Waals surface area contributed by atoms with Crippen LogP contribution in [0.4, 0.5) is 0 Å². The van der Waals surface area contributed by atoms with Gasteiger partial charge in [-0.15, -0.1) is 0 Å². The summed E-state index contributed by atoms with van der Waals surface area (Å²) < 4.78 is 5.05. The van der Waals surface area contributed by atoms with Gasteiger partial charge in [0.15, 0.2) is 5.58 Å². The first-order valence-corrected chi connectivity index (χ1v) is 6.20. The molecule has 2 aromatic rings. The van der Waals surface area contributed by atoms with Crippen molar-refractivity contribution in [2.75, 3.05) is 26.7 Å². The van der Waals surface area contributed by atoms with Crippen molar-refractivity contribution in [2.45, 2.75) is 13.5 Å². The fourth-order valence-electron chi connectivity index (χ4n) is 1.93. The highest BCUT2D eigenvalue weighted by atomic mass is 16.4. The summed E-state index contributed by atoms with van der Waals surface area (Å²) in [5.74, 6) is -0.400. The average Bonchev–Trinajstić information content (AvgIpc) is 2.69. The van der Waals surface area contributed by atoms with Gasteiger partial charge in [0.05, 0.1) is 5.52 Å². The highest BCUT2D eigenvalue weighted by Gasteiger charge is 2.04. The average molecular weight is 249 g/mol. The maximum Gasteiger partial charge on any atom is 0.417 e. The van der Waals surface area contributed by atoms with Gasteiger partial charge in [-0.05, 0) is 31.3 Å². The fraction of sp³-hybridized carbons (Fsp3) is 0.462. The molecule has 0 unspecified atom stereocenters. The molecule has 0 aliphatic carbocycles. The van der Waals surface area contributed by atoms with E-state index in [0.29, 0.717) is 5.58 Å². The SMILES string of the molecule is CCNCCN(C)Cc1ccc2[nH]c(=O)oc2c1. The number of hydrogen-bond donors (Lipinski definition) is 2. The number of oxazole rings is 1. The van der Waals surface area contributed by atoms with Gasteiger partial charge in [0.1, 0.15) is 0 Å². The first kappa shape index (κ1) is 12.9. The molecule has 0 fully saturated rings. The lowest BCUT2D eigenvalue weighted by Crippen LogP contribution is -2.28. The maximum absolute atomic E-state index is 11.1. The molecule has 0 saturated heterocycles. The van der Waals surface area contributed by atoms with Crippen LogP contribution in [0.15, 0.2) is 27.4 Å². The minimum Gasteiger partial charge on any atom is -0.408 e. The van der Waals surface area contributed by atoms with E-state index in [1.807, 2.05) is 18.2 Å².